The number of hydrogen-bond donors (Lipinski definition) is 1. The Hall–Kier alpha value is -3.64. The molecule has 0 aliphatic carbocycles. The normalized spacial score (nSPS) is 10.8. The zero-order valence-corrected chi connectivity index (χ0v) is 13.5. The predicted octanol–water partition coefficient (Wildman–Crippen LogP) is 4.74. The molecular weight excluding hydrogens is 308 g/mol. The van der Waals surface area contributed by atoms with Crippen molar-refractivity contribution in [2.24, 2.45) is 0 Å². The smallest absolute Gasteiger partial charge is 0.256 e. The van der Waals surface area contributed by atoms with Gasteiger partial charge in [0.05, 0.1) is 11.3 Å². The summed E-state index contributed by atoms with van der Waals surface area (Å²) in [6.07, 6.45) is 1.85. The van der Waals surface area contributed by atoms with Crippen molar-refractivity contribution in [3.63, 3.8) is 0 Å². The average Bonchev–Trinajstić information content (AvgIpc) is 2.68. The van der Waals surface area contributed by atoms with Crippen LogP contribution >= 0.6 is 0 Å². The molecule has 0 heterocycles. The van der Waals surface area contributed by atoms with E-state index in [1.807, 2.05) is 66.7 Å². The van der Waals surface area contributed by atoms with Crippen molar-refractivity contribution in [2.45, 2.75) is 0 Å². The van der Waals surface area contributed by atoms with Crippen molar-refractivity contribution in [2.75, 3.05) is 5.32 Å². The number of benzene rings is 3. The topological polar surface area (TPSA) is 52.9 Å². The van der Waals surface area contributed by atoms with Crippen LogP contribution in [0.2, 0.25) is 0 Å². The molecule has 0 aliphatic rings. The number of para-hydroxylation sites is 1. The zero-order chi connectivity index (χ0) is 17.5. The number of carbonyl (C=O) groups excluding carboxylic acids is 1. The Labute approximate surface area is 146 Å². The van der Waals surface area contributed by atoms with E-state index in [0.29, 0.717) is 16.8 Å². The Kier molecular flexibility index (Phi) is 5.04. The first-order valence-electron chi connectivity index (χ1n) is 7.90. The first-order chi connectivity index (χ1) is 12.3. The van der Waals surface area contributed by atoms with Gasteiger partial charge in [-0.05, 0) is 29.3 Å². The molecule has 0 unspecified atom stereocenters. The molecule has 0 saturated heterocycles. The third kappa shape index (κ3) is 4.01. The fraction of sp³-hybridized carbons (Fsp3) is 0. The van der Waals surface area contributed by atoms with Gasteiger partial charge in [0.2, 0.25) is 0 Å². The minimum Gasteiger partial charge on any atom is -0.321 e. The molecule has 3 aromatic rings. The lowest BCUT2D eigenvalue weighted by atomic mass is 10.0. The van der Waals surface area contributed by atoms with Gasteiger partial charge in [0.25, 0.3) is 5.91 Å². The molecule has 1 N–H and O–H groups in total. The lowest BCUT2D eigenvalue weighted by molar-refractivity contribution is -0.111. The second kappa shape index (κ2) is 7.76. The minimum atomic E-state index is -0.252. The van der Waals surface area contributed by atoms with Crippen LogP contribution in [-0.4, -0.2) is 5.91 Å². The Bertz CT molecular complexity index is 939. The highest BCUT2D eigenvalue weighted by atomic mass is 16.1. The van der Waals surface area contributed by atoms with E-state index in [0.717, 1.165) is 11.1 Å². The molecule has 0 aliphatic heterocycles. The molecule has 0 bridgehead atoms. The number of rotatable bonds is 4. The molecule has 0 atom stereocenters. The van der Waals surface area contributed by atoms with Crippen LogP contribution in [0.3, 0.4) is 0 Å². The molecule has 0 radical (unpaired) electrons. The van der Waals surface area contributed by atoms with E-state index in [4.69, 9.17) is 0 Å². The average molecular weight is 324 g/mol. The fourth-order valence-corrected chi connectivity index (χ4v) is 2.49. The second-order valence-electron chi connectivity index (χ2n) is 5.45. The molecule has 0 fully saturated rings. The van der Waals surface area contributed by atoms with E-state index in [9.17, 15) is 10.1 Å². The number of nitrogens with zero attached hydrogens (tertiary/aromatic N) is 1. The SMILES string of the molecule is N#Cc1ccccc1NC(=O)/C(=C\c1ccccc1)c1ccccc1. The van der Waals surface area contributed by atoms with Crippen LogP contribution in [0, 0.1) is 11.3 Å². The molecule has 3 rings (SSSR count). The molecule has 0 spiro atoms. The van der Waals surface area contributed by atoms with Gasteiger partial charge in [-0.25, -0.2) is 0 Å². The Morgan fingerprint density at radius 3 is 2.12 bits per heavy atom. The van der Waals surface area contributed by atoms with Crippen molar-refractivity contribution >= 4 is 23.2 Å². The van der Waals surface area contributed by atoms with Gasteiger partial charge in [-0.2, -0.15) is 5.26 Å². The van der Waals surface area contributed by atoms with E-state index in [1.54, 1.807) is 24.3 Å². The third-order valence-electron chi connectivity index (χ3n) is 3.74. The highest BCUT2D eigenvalue weighted by Crippen LogP contribution is 2.22. The van der Waals surface area contributed by atoms with Gasteiger partial charge in [-0.15, -0.1) is 0 Å². The largest absolute Gasteiger partial charge is 0.321 e. The van der Waals surface area contributed by atoms with E-state index in [1.165, 1.54) is 0 Å². The maximum atomic E-state index is 12.9. The number of nitriles is 1. The van der Waals surface area contributed by atoms with Crippen LogP contribution in [0.15, 0.2) is 84.9 Å². The third-order valence-corrected chi connectivity index (χ3v) is 3.74. The van der Waals surface area contributed by atoms with E-state index in [-0.39, 0.29) is 5.91 Å². The maximum Gasteiger partial charge on any atom is 0.256 e. The maximum absolute atomic E-state index is 12.9. The summed E-state index contributed by atoms with van der Waals surface area (Å²) in [5.41, 5.74) is 3.23. The lowest BCUT2D eigenvalue weighted by Crippen LogP contribution is -2.14. The molecule has 3 heteroatoms. The summed E-state index contributed by atoms with van der Waals surface area (Å²) in [4.78, 5) is 12.9. The summed E-state index contributed by atoms with van der Waals surface area (Å²) in [6, 6.07) is 28.2. The van der Waals surface area contributed by atoms with E-state index >= 15 is 0 Å². The first-order valence-corrected chi connectivity index (χ1v) is 7.90. The number of hydrogen-bond acceptors (Lipinski definition) is 2. The highest BCUT2D eigenvalue weighted by Gasteiger charge is 2.14. The van der Waals surface area contributed by atoms with Crippen molar-refractivity contribution in [1.29, 1.82) is 5.26 Å². The van der Waals surface area contributed by atoms with Gasteiger partial charge in [-0.1, -0.05) is 72.8 Å². The van der Waals surface area contributed by atoms with Gasteiger partial charge in [0, 0.05) is 5.57 Å². The molecular formula is C22H16N2O. The molecule has 3 aromatic carbocycles. The quantitative estimate of drug-likeness (QED) is 0.557. The monoisotopic (exact) mass is 324 g/mol. The summed E-state index contributed by atoms with van der Waals surface area (Å²) >= 11 is 0. The Balaban J connectivity index is 1.99. The minimum absolute atomic E-state index is 0.252. The standard InChI is InChI=1S/C22H16N2O/c23-16-19-13-7-8-14-21(19)24-22(25)20(18-11-5-2-6-12-18)15-17-9-3-1-4-10-17/h1-15H,(H,24,25)/b20-15-. The van der Waals surface area contributed by atoms with Crippen LogP contribution in [0.4, 0.5) is 5.69 Å². The molecule has 0 saturated carbocycles. The summed E-state index contributed by atoms with van der Waals surface area (Å²) in [5.74, 6) is -0.252. The molecule has 1 amide bonds. The summed E-state index contributed by atoms with van der Waals surface area (Å²) < 4.78 is 0. The molecule has 3 nitrogen and oxygen atoms in total. The van der Waals surface area contributed by atoms with Crippen LogP contribution in [-0.2, 0) is 4.79 Å². The summed E-state index contributed by atoms with van der Waals surface area (Å²) in [5, 5.41) is 12.1. The number of amides is 1. The Morgan fingerprint density at radius 2 is 1.44 bits per heavy atom. The summed E-state index contributed by atoms with van der Waals surface area (Å²) in [6.45, 7) is 0. The molecule has 120 valence electrons. The van der Waals surface area contributed by atoms with Gasteiger partial charge >= 0.3 is 0 Å². The van der Waals surface area contributed by atoms with E-state index in [2.05, 4.69) is 11.4 Å². The second-order valence-corrected chi connectivity index (χ2v) is 5.45. The van der Waals surface area contributed by atoms with Crippen LogP contribution < -0.4 is 5.32 Å². The Morgan fingerprint density at radius 1 is 0.840 bits per heavy atom. The van der Waals surface area contributed by atoms with Crippen molar-refractivity contribution in [3.8, 4) is 6.07 Å². The van der Waals surface area contributed by atoms with Crippen LogP contribution in [0.5, 0.6) is 0 Å². The van der Waals surface area contributed by atoms with Crippen molar-refractivity contribution < 1.29 is 4.79 Å². The van der Waals surface area contributed by atoms with E-state index < -0.39 is 0 Å². The zero-order valence-electron chi connectivity index (χ0n) is 13.5. The van der Waals surface area contributed by atoms with Crippen LogP contribution in [0.25, 0.3) is 11.6 Å². The summed E-state index contributed by atoms with van der Waals surface area (Å²) in [7, 11) is 0. The lowest BCUT2D eigenvalue weighted by Gasteiger charge is -2.11. The van der Waals surface area contributed by atoms with Gasteiger partial charge in [-0.3, -0.25) is 4.79 Å². The van der Waals surface area contributed by atoms with Gasteiger partial charge in [0.15, 0.2) is 0 Å². The van der Waals surface area contributed by atoms with Gasteiger partial charge in [0.1, 0.15) is 6.07 Å². The highest BCUT2D eigenvalue weighted by molar-refractivity contribution is 6.29. The van der Waals surface area contributed by atoms with Crippen LogP contribution in [0.1, 0.15) is 16.7 Å². The number of nitrogens with one attached hydrogen (secondary N) is 1. The fourth-order valence-electron chi connectivity index (χ4n) is 2.49. The van der Waals surface area contributed by atoms with Gasteiger partial charge < -0.3 is 5.32 Å². The first kappa shape index (κ1) is 16.2. The molecule has 25 heavy (non-hydrogen) atoms. The number of carbonyl (C=O) groups is 1. The predicted molar refractivity (Wildman–Crippen MR) is 101 cm³/mol. The number of anilines is 1. The molecule has 0 aromatic heterocycles. The van der Waals surface area contributed by atoms with Crippen molar-refractivity contribution in [3.05, 3.63) is 102 Å². The van der Waals surface area contributed by atoms with Crippen molar-refractivity contribution in [1.82, 2.24) is 0 Å².